The minimum absolute atomic E-state index is 0.0461. The zero-order valence-electron chi connectivity index (χ0n) is 30.9. The summed E-state index contributed by atoms with van der Waals surface area (Å²) in [5.41, 5.74) is 1.06. The molecule has 7 atom stereocenters. The number of rotatable bonds is 18. The van der Waals surface area contributed by atoms with E-state index in [1.807, 2.05) is 68.4 Å². The van der Waals surface area contributed by atoms with Crippen LogP contribution in [0.3, 0.4) is 0 Å². The van der Waals surface area contributed by atoms with Crippen molar-refractivity contribution in [2.75, 3.05) is 42.6 Å². The van der Waals surface area contributed by atoms with Gasteiger partial charge in [-0.15, -0.1) is 13.2 Å². The van der Waals surface area contributed by atoms with Crippen LogP contribution in [0.25, 0.3) is 0 Å². The van der Waals surface area contributed by atoms with E-state index in [2.05, 4.69) is 37.2 Å². The summed E-state index contributed by atoms with van der Waals surface area (Å²) >= 11 is 0. The number of fused-ring (bicyclic) bond motifs is 1. The molecule has 5 rings (SSSR count). The van der Waals surface area contributed by atoms with Crippen molar-refractivity contribution in [2.45, 2.75) is 83.3 Å². The molecule has 280 valence electrons. The van der Waals surface area contributed by atoms with Gasteiger partial charge < -0.3 is 34.6 Å². The number of esters is 1. The summed E-state index contributed by atoms with van der Waals surface area (Å²) in [5, 5.41) is 13.5. The number of allylic oxidation sites excluding steroid dienone is 1. The van der Waals surface area contributed by atoms with Crippen LogP contribution in [0, 0.1) is 17.8 Å². The minimum Gasteiger partial charge on any atom is -0.455 e. The minimum atomic E-state index is -1.30. The number of carbonyl (C=O) groups excluding carboxylic acids is 4. The quantitative estimate of drug-likeness (QED) is 0.166. The highest BCUT2D eigenvalue weighted by Crippen LogP contribution is 2.59. The van der Waals surface area contributed by atoms with E-state index in [1.165, 1.54) is 4.90 Å². The van der Waals surface area contributed by atoms with Gasteiger partial charge >= 0.3 is 5.97 Å². The number of nitrogens with one attached hydrogen (secondary N) is 1. The topological polar surface area (TPSA) is 129 Å². The molecule has 3 aliphatic heterocycles. The van der Waals surface area contributed by atoms with E-state index in [0.29, 0.717) is 30.5 Å². The van der Waals surface area contributed by atoms with Crippen molar-refractivity contribution < 1.29 is 33.8 Å². The number of benzene rings is 2. The largest absolute Gasteiger partial charge is 0.455 e. The first kappa shape index (κ1) is 38.7. The predicted molar refractivity (Wildman–Crippen MR) is 200 cm³/mol. The Hall–Kier alpha value is -4.48. The molecule has 0 aromatic heterocycles. The van der Waals surface area contributed by atoms with E-state index in [0.717, 1.165) is 18.8 Å². The van der Waals surface area contributed by atoms with Gasteiger partial charge in [0.1, 0.15) is 17.7 Å². The van der Waals surface area contributed by atoms with Crippen LogP contribution in [0.1, 0.15) is 65.0 Å². The lowest BCUT2D eigenvalue weighted by Crippen LogP contribution is -2.59. The number of aliphatic hydroxyl groups excluding tert-OH is 1. The van der Waals surface area contributed by atoms with E-state index in [-0.39, 0.29) is 43.8 Å². The van der Waals surface area contributed by atoms with E-state index in [4.69, 9.17) is 9.47 Å². The normalized spacial score (nSPS) is 24.3. The molecule has 3 fully saturated rings. The third kappa shape index (κ3) is 7.39. The van der Waals surface area contributed by atoms with Crippen molar-refractivity contribution in [1.29, 1.82) is 0 Å². The Labute approximate surface area is 307 Å². The van der Waals surface area contributed by atoms with Crippen molar-refractivity contribution >= 4 is 35.1 Å². The predicted octanol–water partition coefficient (Wildman–Crippen LogP) is 4.81. The second-order valence-corrected chi connectivity index (χ2v) is 14.2. The molecule has 2 aromatic carbocycles. The number of hydrogen-bond acceptors (Lipinski definition) is 8. The first-order valence-corrected chi connectivity index (χ1v) is 18.6. The maximum Gasteiger partial charge on any atom is 0.313 e. The molecular formula is C41H54N4O7. The lowest BCUT2D eigenvalue weighted by molar-refractivity contribution is -0.161. The van der Waals surface area contributed by atoms with Crippen molar-refractivity contribution in [1.82, 2.24) is 10.2 Å². The van der Waals surface area contributed by atoms with Crippen LogP contribution in [-0.4, -0.2) is 90.3 Å². The third-order valence-electron chi connectivity index (χ3n) is 10.9. The summed E-state index contributed by atoms with van der Waals surface area (Å²) in [7, 11) is 0. The van der Waals surface area contributed by atoms with Crippen LogP contribution in [0.4, 0.5) is 11.4 Å². The monoisotopic (exact) mass is 714 g/mol. The van der Waals surface area contributed by atoms with E-state index < -0.39 is 53.6 Å². The number of anilines is 2. The molecule has 11 heteroatoms. The zero-order chi connectivity index (χ0) is 37.6. The van der Waals surface area contributed by atoms with Gasteiger partial charge in [0.15, 0.2) is 0 Å². The van der Waals surface area contributed by atoms with Gasteiger partial charge in [-0.25, -0.2) is 0 Å². The standard InChI is InChI=1S/C41H54N4O7/c1-7-11-17-34(47)42-25-33(28-15-13-12-14-16-28)51-40(50)35-32-22-23-41(52-32)36(35)38(48)45(31(26-46)27(5)6)37(41)39(49)44(24-8-2)30-20-18-29(19-21-30)43(9-3)10-4/h7-8,12-16,18-21,27,31-33,35-37,46H,1-2,9-11,17,22-26H2,3-6H3,(H,42,47)/t31-,32-,33-,35+,36+,37-,41+/m0/s1. The number of hydrogen-bond donors (Lipinski definition) is 2. The van der Waals surface area contributed by atoms with Gasteiger partial charge in [0.2, 0.25) is 11.8 Å². The summed E-state index contributed by atoms with van der Waals surface area (Å²) in [4.78, 5) is 61.9. The number of carbonyl (C=O) groups is 4. The Morgan fingerprint density at radius 3 is 2.33 bits per heavy atom. The van der Waals surface area contributed by atoms with Crippen LogP contribution in [0.2, 0.25) is 0 Å². The molecule has 0 aliphatic carbocycles. The Bertz CT molecular complexity index is 1590. The first-order valence-electron chi connectivity index (χ1n) is 18.6. The summed E-state index contributed by atoms with van der Waals surface area (Å²) in [6, 6.07) is 15.1. The molecule has 3 heterocycles. The van der Waals surface area contributed by atoms with Gasteiger partial charge in [-0.05, 0) is 68.9 Å². The maximum absolute atomic E-state index is 15.0. The average Bonchev–Trinajstić information content (AvgIpc) is 3.80. The summed E-state index contributed by atoms with van der Waals surface area (Å²) < 4.78 is 12.9. The molecular weight excluding hydrogens is 660 g/mol. The van der Waals surface area contributed by atoms with Gasteiger partial charge in [-0.2, -0.15) is 0 Å². The highest BCUT2D eigenvalue weighted by Gasteiger charge is 2.76. The van der Waals surface area contributed by atoms with Crippen LogP contribution >= 0.6 is 0 Å². The van der Waals surface area contributed by atoms with Gasteiger partial charge in [-0.1, -0.05) is 56.3 Å². The van der Waals surface area contributed by atoms with Gasteiger partial charge in [0.25, 0.3) is 5.91 Å². The Kier molecular flexibility index (Phi) is 12.6. The first-order chi connectivity index (χ1) is 25.1. The molecule has 1 spiro atoms. The molecule has 3 amide bonds. The summed E-state index contributed by atoms with van der Waals surface area (Å²) in [6.07, 6.45) is 3.49. The van der Waals surface area contributed by atoms with Gasteiger partial charge in [0.05, 0.1) is 37.1 Å². The maximum atomic E-state index is 15.0. The number of likely N-dealkylation sites (tertiary alicyclic amines) is 1. The number of ether oxygens (including phenoxy) is 2. The van der Waals surface area contributed by atoms with Crippen LogP contribution in [-0.2, 0) is 28.7 Å². The van der Waals surface area contributed by atoms with Crippen molar-refractivity contribution in [2.24, 2.45) is 17.8 Å². The molecule has 3 saturated heterocycles. The second kappa shape index (κ2) is 16.9. The SMILES string of the molecule is C=CCCC(=O)NC[C@H](OC(=O)[C@@H]1[C@@H]2CC[C@]3(O2)[C@H](C(=O)N(CC=C)c2ccc(N(CC)CC)cc2)N([C@@H](CO)C(C)C)C(=O)[C@@H]13)c1ccccc1. The van der Waals surface area contributed by atoms with E-state index in [1.54, 1.807) is 17.1 Å². The van der Waals surface area contributed by atoms with E-state index in [9.17, 15) is 19.5 Å². The zero-order valence-corrected chi connectivity index (χ0v) is 30.9. The lowest BCUT2D eigenvalue weighted by atomic mass is 9.70. The Balaban J connectivity index is 1.49. The molecule has 2 N–H and O–H groups in total. The molecule has 3 aliphatic rings. The molecule has 2 bridgehead atoms. The van der Waals surface area contributed by atoms with Gasteiger partial charge in [-0.3, -0.25) is 19.2 Å². The van der Waals surface area contributed by atoms with E-state index >= 15 is 4.79 Å². The lowest BCUT2D eigenvalue weighted by Gasteiger charge is -2.40. The Morgan fingerprint density at radius 2 is 1.73 bits per heavy atom. The highest BCUT2D eigenvalue weighted by atomic mass is 16.6. The highest BCUT2D eigenvalue weighted by molar-refractivity contribution is 6.05. The molecule has 11 nitrogen and oxygen atoms in total. The molecule has 0 saturated carbocycles. The fourth-order valence-electron chi connectivity index (χ4n) is 8.29. The van der Waals surface area contributed by atoms with Gasteiger partial charge in [0, 0.05) is 37.4 Å². The smallest absolute Gasteiger partial charge is 0.313 e. The third-order valence-corrected chi connectivity index (χ3v) is 10.9. The van der Waals surface area contributed by atoms with Crippen molar-refractivity contribution in [3.63, 3.8) is 0 Å². The van der Waals surface area contributed by atoms with Crippen molar-refractivity contribution in [3.05, 3.63) is 85.5 Å². The fraction of sp³-hybridized carbons (Fsp3) is 0.512. The molecule has 52 heavy (non-hydrogen) atoms. The molecule has 0 unspecified atom stereocenters. The van der Waals surface area contributed by atoms with Crippen LogP contribution in [0.15, 0.2) is 79.9 Å². The van der Waals surface area contributed by atoms with Crippen LogP contribution in [0.5, 0.6) is 0 Å². The molecule has 2 aromatic rings. The second-order valence-electron chi connectivity index (χ2n) is 14.2. The number of aliphatic hydroxyl groups is 1. The summed E-state index contributed by atoms with van der Waals surface area (Å²) in [6.45, 7) is 17.1. The molecule has 0 radical (unpaired) electrons. The number of nitrogens with zero attached hydrogens (tertiary/aromatic N) is 3. The fourth-order valence-corrected chi connectivity index (χ4v) is 8.29. The Morgan fingerprint density at radius 1 is 1.06 bits per heavy atom. The number of amides is 3. The average molecular weight is 715 g/mol. The van der Waals surface area contributed by atoms with Crippen molar-refractivity contribution in [3.8, 4) is 0 Å². The van der Waals surface area contributed by atoms with Crippen LogP contribution < -0.4 is 15.1 Å². The summed E-state index contributed by atoms with van der Waals surface area (Å²) in [5.74, 6) is -3.74.